The van der Waals surface area contributed by atoms with Crippen LogP contribution in [0.3, 0.4) is 0 Å². The van der Waals surface area contributed by atoms with Crippen molar-refractivity contribution < 1.29 is 19.1 Å². The number of rotatable bonds is 4. The average Bonchev–Trinajstić information content (AvgIpc) is 3.17. The zero-order chi connectivity index (χ0) is 18.8. The van der Waals surface area contributed by atoms with Gasteiger partial charge in [0.05, 0.1) is 26.8 Å². The van der Waals surface area contributed by atoms with Crippen LogP contribution in [0, 0.1) is 11.8 Å². The van der Waals surface area contributed by atoms with E-state index in [9.17, 15) is 9.59 Å². The van der Waals surface area contributed by atoms with E-state index < -0.39 is 0 Å². The Morgan fingerprint density at radius 1 is 1.12 bits per heavy atom. The lowest BCUT2D eigenvalue weighted by Crippen LogP contribution is -2.41. The predicted octanol–water partition coefficient (Wildman–Crippen LogP) is 1.45. The molecule has 0 saturated carbocycles. The number of ether oxygens (including phenoxy) is 2. The summed E-state index contributed by atoms with van der Waals surface area (Å²) in [6.07, 6.45) is 0. The second-order valence-electron chi connectivity index (χ2n) is 7.24. The minimum Gasteiger partial charge on any atom is -0.497 e. The average molecular weight is 361 g/mol. The monoisotopic (exact) mass is 361 g/mol. The molecule has 0 unspecified atom stereocenters. The van der Waals surface area contributed by atoms with Crippen molar-refractivity contribution in [1.29, 1.82) is 0 Å². The molecule has 26 heavy (non-hydrogen) atoms. The van der Waals surface area contributed by atoms with Gasteiger partial charge in [0, 0.05) is 39.6 Å². The van der Waals surface area contributed by atoms with Crippen LogP contribution in [0.4, 0.5) is 4.79 Å². The third kappa shape index (κ3) is 3.49. The molecule has 2 saturated heterocycles. The van der Waals surface area contributed by atoms with E-state index in [1.54, 1.807) is 26.1 Å². The molecular weight excluding hydrogens is 334 g/mol. The van der Waals surface area contributed by atoms with Crippen LogP contribution in [0.25, 0.3) is 0 Å². The first-order valence-electron chi connectivity index (χ1n) is 8.85. The zero-order valence-electron chi connectivity index (χ0n) is 15.8. The molecule has 0 bridgehead atoms. The molecule has 0 spiro atoms. The molecule has 0 aromatic heterocycles. The molecule has 1 aromatic carbocycles. The summed E-state index contributed by atoms with van der Waals surface area (Å²) in [6.45, 7) is 2.60. The molecule has 7 heteroatoms. The Hall–Kier alpha value is -2.28. The minimum absolute atomic E-state index is 0.00320. The maximum atomic E-state index is 12.7. The Morgan fingerprint density at radius 3 is 2.38 bits per heavy atom. The number of methoxy groups -OCH3 is 2. The lowest BCUT2D eigenvalue weighted by atomic mass is 9.89. The van der Waals surface area contributed by atoms with Gasteiger partial charge in [-0.25, -0.2) is 4.79 Å². The Bertz CT molecular complexity index is 661. The quantitative estimate of drug-likeness (QED) is 0.760. The van der Waals surface area contributed by atoms with Crippen molar-refractivity contribution in [2.75, 3.05) is 54.5 Å². The molecule has 0 aliphatic carbocycles. The predicted molar refractivity (Wildman–Crippen MR) is 97.0 cm³/mol. The normalized spacial score (nSPS) is 25.1. The van der Waals surface area contributed by atoms with Crippen LogP contribution < -0.4 is 4.74 Å². The number of hydrogen-bond donors (Lipinski definition) is 0. The smallest absolute Gasteiger partial charge is 0.320 e. The van der Waals surface area contributed by atoms with Gasteiger partial charge in [0.15, 0.2) is 0 Å². The summed E-state index contributed by atoms with van der Waals surface area (Å²) in [5.74, 6) is 1.24. The fourth-order valence-electron chi connectivity index (χ4n) is 4.20. The number of urea groups is 1. The van der Waals surface area contributed by atoms with Crippen molar-refractivity contribution in [1.82, 2.24) is 14.7 Å². The number of benzene rings is 1. The SMILES string of the molecule is COC(=O)CN1C[C@@H]2CN(C(=O)N(C)C)[C@@H](c3ccc(OC)cc3)[C@@H]2C1. The molecule has 2 heterocycles. The number of hydrogen-bond acceptors (Lipinski definition) is 5. The van der Waals surface area contributed by atoms with Crippen molar-refractivity contribution in [3.8, 4) is 5.75 Å². The molecule has 0 radical (unpaired) electrons. The van der Waals surface area contributed by atoms with E-state index >= 15 is 0 Å². The Labute approximate surface area is 154 Å². The van der Waals surface area contributed by atoms with Crippen molar-refractivity contribution in [2.45, 2.75) is 6.04 Å². The van der Waals surface area contributed by atoms with Gasteiger partial charge >= 0.3 is 12.0 Å². The van der Waals surface area contributed by atoms with E-state index in [0.717, 1.165) is 24.4 Å². The van der Waals surface area contributed by atoms with E-state index in [-0.39, 0.29) is 18.0 Å². The Balaban J connectivity index is 1.84. The highest BCUT2D eigenvalue weighted by molar-refractivity contribution is 5.75. The molecule has 3 rings (SSSR count). The van der Waals surface area contributed by atoms with Gasteiger partial charge in [-0.1, -0.05) is 12.1 Å². The molecule has 2 aliphatic heterocycles. The second kappa shape index (κ2) is 7.53. The van der Waals surface area contributed by atoms with Crippen LogP contribution in [0.1, 0.15) is 11.6 Å². The third-order valence-corrected chi connectivity index (χ3v) is 5.41. The van der Waals surface area contributed by atoms with Gasteiger partial charge in [-0.15, -0.1) is 0 Å². The van der Waals surface area contributed by atoms with E-state index in [4.69, 9.17) is 9.47 Å². The van der Waals surface area contributed by atoms with Gasteiger partial charge in [-0.2, -0.15) is 0 Å². The fourth-order valence-corrected chi connectivity index (χ4v) is 4.20. The second-order valence-corrected chi connectivity index (χ2v) is 7.24. The number of esters is 1. The van der Waals surface area contributed by atoms with Crippen LogP contribution in [0.15, 0.2) is 24.3 Å². The minimum atomic E-state index is -0.216. The lowest BCUT2D eigenvalue weighted by Gasteiger charge is -2.31. The van der Waals surface area contributed by atoms with Gasteiger partial charge in [-0.3, -0.25) is 9.69 Å². The standard InChI is InChI=1S/C19H27N3O4/c1-20(2)19(24)22-10-14-9-21(12-17(23)26-4)11-16(14)18(22)13-5-7-15(25-3)8-6-13/h5-8,14,16,18H,9-12H2,1-4H3/t14-,16-,18+/m1/s1. The van der Waals surface area contributed by atoms with E-state index in [0.29, 0.717) is 24.9 Å². The third-order valence-electron chi connectivity index (χ3n) is 5.41. The van der Waals surface area contributed by atoms with Gasteiger partial charge < -0.3 is 19.3 Å². The topological polar surface area (TPSA) is 62.3 Å². The highest BCUT2D eigenvalue weighted by atomic mass is 16.5. The van der Waals surface area contributed by atoms with Gasteiger partial charge in [0.1, 0.15) is 5.75 Å². The highest BCUT2D eigenvalue weighted by Crippen LogP contribution is 2.45. The van der Waals surface area contributed by atoms with Crippen LogP contribution in [0.5, 0.6) is 5.75 Å². The highest BCUT2D eigenvalue weighted by Gasteiger charge is 2.49. The van der Waals surface area contributed by atoms with Crippen LogP contribution in [-0.2, 0) is 9.53 Å². The summed E-state index contributed by atoms with van der Waals surface area (Å²) in [5.41, 5.74) is 1.11. The molecule has 2 fully saturated rings. The van der Waals surface area contributed by atoms with E-state index in [1.807, 2.05) is 29.2 Å². The summed E-state index contributed by atoms with van der Waals surface area (Å²) in [6, 6.07) is 7.96. The fraction of sp³-hybridized carbons (Fsp3) is 0.579. The number of carbonyl (C=O) groups is 2. The molecule has 2 aliphatic rings. The molecule has 3 atom stereocenters. The molecule has 2 amide bonds. The maximum absolute atomic E-state index is 12.7. The summed E-state index contributed by atoms with van der Waals surface area (Å²) in [4.78, 5) is 30.1. The van der Waals surface area contributed by atoms with Crippen molar-refractivity contribution in [3.05, 3.63) is 29.8 Å². The molecule has 142 valence electrons. The van der Waals surface area contributed by atoms with Gasteiger partial charge in [0.2, 0.25) is 0 Å². The number of carbonyl (C=O) groups excluding carboxylic acids is 2. The first kappa shape index (κ1) is 18.5. The van der Waals surface area contributed by atoms with Crippen LogP contribution in [0.2, 0.25) is 0 Å². The molecule has 0 N–H and O–H groups in total. The first-order chi connectivity index (χ1) is 12.4. The van der Waals surface area contributed by atoms with Crippen LogP contribution >= 0.6 is 0 Å². The zero-order valence-corrected chi connectivity index (χ0v) is 15.8. The molecular formula is C19H27N3O4. The maximum Gasteiger partial charge on any atom is 0.320 e. The van der Waals surface area contributed by atoms with E-state index in [1.165, 1.54) is 7.11 Å². The van der Waals surface area contributed by atoms with Crippen molar-refractivity contribution >= 4 is 12.0 Å². The number of nitrogens with zero attached hydrogens (tertiary/aromatic N) is 3. The summed E-state index contributed by atoms with van der Waals surface area (Å²) >= 11 is 0. The molecule has 7 nitrogen and oxygen atoms in total. The van der Waals surface area contributed by atoms with Gasteiger partial charge in [0.25, 0.3) is 0 Å². The van der Waals surface area contributed by atoms with Gasteiger partial charge in [-0.05, 0) is 23.6 Å². The van der Waals surface area contributed by atoms with E-state index in [2.05, 4.69) is 4.90 Å². The number of fused-ring (bicyclic) bond motifs is 1. The van der Waals surface area contributed by atoms with Crippen LogP contribution in [-0.4, -0.2) is 81.2 Å². The number of amides is 2. The van der Waals surface area contributed by atoms with Crippen molar-refractivity contribution in [3.63, 3.8) is 0 Å². The summed E-state index contributed by atoms with van der Waals surface area (Å²) in [5, 5.41) is 0. The number of likely N-dealkylation sites (tertiary alicyclic amines) is 2. The lowest BCUT2D eigenvalue weighted by molar-refractivity contribution is -0.141. The Kier molecular flexibility index (Phi) is 5.36. The molecule has 1 aromatic rings. The largest absolute Gasteiger partial charge is 0.497 e. The summed E-state index contributed by atoms with van der Waals surface area (Å²) in [7, 11) is 6.62. The van der Waals surface area contributed by atoms with Crippen molar-refractivity contribution in [2.24, 2.45) is 11.8 Å². The summed E-state index contributed by atoms with van der Waals surface area (Å²) < 4.78 is 10.1. The Morgan fingerprint density at radius 2 is 1.81 bits per heavy atom. The first-order valence-corrected chi connectivity index (χ1v) is 8.85.